The first-order valence-electron chi connectivity index (χ1n) is 7.44. The molecule has 1 fully saturated rings. The molecule has 1 aliphatic rings. The van der Waals surface area contributed by atoms with Crippen LogP contribution >= 0.6 is 0 Å². The van der Waals surface area contributed by atoms with Gasteiger partial charge in [-0.2, -0.15) is 0 Å². The number of nitrogens with zero attached hydrogens (tertiary/aromatic N) is 1. The number of oxazole rings is 1. The van der Waals surface area contributed by atoms with Crippen LogP contribution in [-0.2, 0) is 15.9 Å². The van der Waals surface area contributed by atoms with Gasteiger partial charge >= 0.3 is 7.12 Å². The van der Waals surface area contributed by atoms with Gasteiger partial charge in [0.25, 0.3) is 0 Å². The molecule has 0 spiro atoms. The highest BCUT2D eigenvalue weighted by molar-refractivity contribution is 6.62. The van der Waals surface area contributed by atoms with Gasteiger partial charge in [0.15, 0.2) is 12.2 Å². The molecule has 0 bridgehead atoms. The second kappa shape index (κ2) is 5.65. The molecule has 122 valence electrons. The lowest BCUT2D eigenvalue weighted by atomic mass is 9.78. The van der Waals surface area contributed by atoms with E-state index in [0.29, 0.717) is 17.0 Å². The molecule has 1 aliphatic heterocycles. The van der Waals surface area contributed by atoms with Crippen molar-refractivity contribution in [2.45, 2.75) is 45.5 Å². The zero-order valence-corrected chi connectivity index (χ0v) is 13.6. The van der Waals surface area contributed by atoms with E-state index in [4.69, 9.17) is 18.5 Å². The van der Waals surface area contributed by atoms with Gasteiger partial charge in [-0.05, 0) is 33.8 Å². The van der Waals surface area contributed by atoms with Crippen LogP contribution in [0.4, 0.5) is 4.39 Å². The highest BCUT2D eigenvalue weighted by Gasteiger charge is 2.52. The lowest BCUT2D eigenvalue weighted by Crippen LogP contribution is -2.41. The van der Waals surface area contributed by atoms with Crippen molar-refractivity contribution in [3.63, 3.8) is 0 Å². The van der Waals surface area contributed by atoms with Crippen molar-refractivity contribution in [1.82, 2.24) is 4.98 Å². The van der Waals surface area contributed by atoms with Crippen LogP contribution in [0, 0.1) is 5.82 Å². The molecule has 23 heavy (non-hydrogen) atoms. The normalized spacial score (nSPS) is 19.1. The summed E-state index contributed by atoms with van der Waals surface area (Å²) in [5.74, 6) is 0.540. The van der Waals surface area contributed by atoms with E-state index >= 15 is 0 Å². The average Bonchev–Trinajstić information content (AvgIpc) is 3.03. The van der Waals surface area contributed by atoms with Crippen molar-refractivity contribution in [3.8, 4) is 5.75 Å². The van der Waals surface area contributed by atoms with Gasteiger partial charge in [0, 0.05) is 11.5 Å². The molecule has 0 atom stereocenters. The second-order valence-electron chi connectivity index (χ2n) is 6.53. The van der Waals surface area contributed by atoms with E-state index in [2.05, 4.69) is 4.98 Å². The predicted molar refractivity (Wildman–Crippen MR) is 83.0 cm³/mol. The maximum Gasteiger partial charge on any atom is 0.497 e. The van der Waals surface area contributed by atoms with Gasteiger partial charge in [0.05, 0.1) is 17.4 Å². The Hall–Kier alpha value is -1.86. The van der Waals surface area contributed by atoms with Gasteiger partial charge in [-0.1, -0.05) is 6.07 Å². The summed E-state index contributed by atoms with van der Waals surface area (Å²) in [4.78, 5) is 3.79. The van der Waals surface area contributed by atoms with Gasteiger partial charge in [0.2, 0.25) is 0 Å². The smallest absolute Gasteiger partial charge is 0.485 e. The minimum atomic E-state index is -0.733. The SMILES string of the molecule is CC1(C)OB(c2ccc(OCc3cnco3)cc2F)OC1(C)C. The molecule has 2 heterocycles. The number of ether oxygens (including phenoxy) is 1. The fourth-order valence-corrected chi connectivity index (χ4v) is 2.23. The molecular formula is C16H19BFNO4. The van der Waals surface area contributed by atoms with Crippen LogP contribution in [0.25, 0.3) is 0 Å². The van der Waals surface area contributed by atoms with Crippen LogP contribution in [0.2, 0.25) is 0 Å². The Kier molecular flexibility index (Phi) is 3.94. The van der Waals surface area contributed by atoms with Crippen molar-refractivity contribution in [2.75, 3.05) is 0 Å². The molecule has 2 aromatic rings. The van der Waals surface area contributed by atoms with Gasteiger partial charge in [-0.25, -0.2) is 9.37 Å². The van der Waals surface area contributed by atoms with E-state index in [9.17, 15) is 4.39 Å². The Morgan fingerprint density at radius 3 is 2.43 bits per heavy atom. The summed E-state index contributed by atoms with van der Waals surface area (Å²) in [6.07, 6.45) is 2.87. The van der Waals surface area contributed by atoms with Crippen molar-refractivity contribution in [1.29, 1.82) is 0 Å². The third kappa shape index (κ3) is 3.11. The molecule has 1 aromatic heterocycles. The summed E-state index contributed by atoms with van der Waals surface area (Å²) in [5.41, 5.74) is -0.660. The molecule has 0 amide bonds. The number of aromatic nitrogens is 1. The fraction of sp³-hybridized carbons (Fsp3) is 0.438. The first kappa shape index (κ1) is 16.0. The Morgan fingerprint density at radius 2 is 1.87 bits per heavy atom. The second-order valence-corrected chi connectivity index (χ2v) is 6.53. The quantitative estimate of drug-likeness (QED) is 0.811. The largest absolute Gasteiger partial charge is 0.497 e. The number of rotatable bonds is 4. The van der Waals surface area contributed by atoms with Gasteiger partial charge < -0.3 is 18.5 Å². The van der Waals surface area contributed by atoms with Crippen molar-refractivity contribution >= 4 is 12.6 Å². The number of hydrogen-bond acceptors (Lipinski definition) is 5. The summed E-state index contributed by atoms with van der Waals surface area (Å²) >= 11 is 0. The van der Waals surface area contributed by atoms with Gasteiger partial charge in [0.1, 0.15) is 18.2 Å². The van der Waals surface area contributed by atoms with Crippen LogP contribution in [0.15, 0.2) is 35.2 Å². The molecule has 5 nitrogen and oxygen atoms in total. The highest BCUT2D eigenvalue weighted by Crippen LogP contribution is 2.36. The minimum absolute atomic E-state index is 0.190. The molecule has 0 unspecified atom stereocenters. The van der Waals surface area contributed by atoms with Crippen LogP contribution in [0.3, 0.4) is 0 Å². The Labute approximate surface area is 134 Å². The first-order valence-corrected chi connectivity index (χ1v) is 7.44. The number of hydrogen-bond donors (Lipinski definition) is 0. The molecule has 0 N–H and O–H groups in total. The third-order valence-corrected chi connectivity index (χ3v) is 4.34. The van der Waals surface area contributed by atoms with Gasteiger partial charge in [-0.15, -0.1) is 0 Å². The lowest BCUT2D eigenvalue weighted by molar-refractivity contribution is 0.00578. The standard InChI is InChI=1S/C16H19BFNO4/c1-15(2)16(3,4)23-17(22-15)13-6-5-11(7-14(13)18)20-9-12-8-19-10-21-12/h5-8,10H,9H2,1-4H3. The summed E-state index contributed by atoms with van der Waals surface area (Å²) < 4.78 is 36.7. The third-order valence-electron chi connectivity index (χ3n) is 4.34. The summed E-state index contributed by atoms with van der Waals surface area (Å²) in [7, 11) is -0.733. The van der Waals surface area contributed by atoms with Crippen LogP contribution in [0.5, 0.6) is 5.75 Å². The molecule has 3 rings (SSSR count). The van der Waals surface area contributed by atoms with Crippen LogP contribution in [0.1, 0.15) is 33.5 Å². The minimum Gasteiger partial charge on any atom is -0.485 e. The maximum atomic E-state index is 14.4. The van der Waals surface area contributed by atoms with E-state index in [1.54, 1.807) is 18.3 Å². The fourth-order valence-electron chi connectivity index (χ4n) is 2.23. The molecule has 0 aliphatic carbocycles. The molecule has 1 saturated heterocycles. The average molecular weight is 319 g/mol. The number of benzene rings is 1. The topological polar surface area (TPSA) is 53.7 Å². The van der Waals surface area contributed by atoms with Gasteiger partial charge in [-0.3, -0.25) is 0 Å². The van der Waals surface area contributed by atoms with E-state index in [-0.39, 0.29) is 6.61 Å². The number of halogens is 1. The predicted octanol–water partition coefficient (Wildman–Crippen LogP) is 2.69. The summed E-state index contributed by atoms with van der Waals surface area (Å²) in [5, 5.41) is 0. The molecule has 1 aromatic carbocycles. The monoisotopic (exact) mass is 319 g/mol. The van der Waals surface area contributed by atoms with E-state index in [0.717, 1.165) is 0 Å². The summed E-state index contributed by atoms with van der Waals surface area (Å²) in [6.45, 7) is 7.91. The lowest BCUT2D eigenvalue weighted by Gasteiger charge is -2.32. The summed E-state index contributed by atoms with van der Waals surface area (Å²) in [6, 6.07) is 4.61. The maximum absolute atomic E-state index is 14.4. The Morgan fingerprint density at radius 1 is 1.17 bits per heavy atom. The molecular weight excluding hydrogens is 300 g/mol. The zero-order valence-electron chi connectivity index (χ0n) is 13.6. The molecule has 0 saturated carbocycles. The molecule has 7 heteroatoms. The van der Waals surface area contributed by atoms with Crippen molar-refractivity contribution in [2.24, 2.45) is 0 Å². The van der Waals surface area contributed by atoms with E-state index in [1.807, 2.05) is 27.7 Å². The van der Waals surface area contributed by atoms with E-state index in [1.165, 1.54) is 12.5 Å². The van der Waals surface area contributed by atoms with Crippen molar-refractivity contribution in [3.05, 3.63) is 42.4 Å². The van der Waals surface area contributed by atoms with E-state index < -0.39 is 24.1 Å². The van der Waals surface area contributed by atoms with Crippen molar-refractivity contribution < 1.29 is 22.9 Å². The highest BCUT2D eigenvalue weighted by atomic mass is 19.1. The Bertz CT molecular complexity index is 671. The van der Waals surface area contributed by atoms with Crippen LogP contribution < -0.4 is 10.2 Å². The van der Waals surface area contributed by atoms with Crippen LogP contribution in [-0.4, -0.2) is 23.3 Å². The Balaban J connectivity index is 1.73. The zero-order chi connectivity index (χ0) is 16.7. The first-order chi connectivity index (χ1) is 10.8. The molecule has 0 radical (unpaired) electrons.